The van der Waals surface area contributed by atoms with Crippen LogP contribution in [-0.4, -0.2) is 35.1 Å². The molecule has 0 saturated heterocycles. The summed E-state index contributed by atoms with van der Waals surface area (Å²) in [5.41, 5.74) is 9.44. The second-order valence-electron chi connectivity index (χ2n) is 9.02. The molecule has 0 aliphatic carbocycles. The van der Waals surface area contributed by atoms with Gasteiger partial charge in [-0.25, -0.2) is 15.0 Å². The molecule has 8 nitrogen and oxygen atoms in total. The summed E-state index contributed by atoms with van der Waals surface area (Å²) in [6.07, 6.45) is 7.40. The van der Waals surface area contributed by atoms with Crippen LogP contribution >= 0.6 is 11.3 Å². The molecule has 0 atom stereocenters. The van der Waals surface area contributed by atoms with E-state index in [2.05, 4.69) is 88.7 Å². The lowest BCUT2D eigenvalue weighted by Gasteiger charge is -2.07. The van der Waals surface area contributed by atoms with Gasteiger partial charge in [-0.3, -0.25) is 10.1 Å². The van der Waals surface area contributed by atoms with E-state index >= 15 is 0 Å². The van der Waals surface area contributed by atoms with Crippen molar-refractivity contribution in [2.45, 2.75) is 13.1 Å². The third-order valence-corrected chi connectivity index (χ3v) is 7.17. The Hall–Kier alpha value is -4.73. The fraction of sp³-hybridized carbons (Fsp3) is 0.0690. The average Bonchev–Trinajstić information content (AvgIpc) is 3.73. The van der Waals surface area contributed by atoms with Gasteiger partial charge in [0, 0.05) is 54.6 Å². The molecule has 7 aromatic rings. The van der Waals surface area contributed by atoms with Gasteiger partial charge in [-0.1, -0.05) is 30.3 Å². The number of nitrogens with zero attached hydrogens (tertiary/aromatic N) is 5. The summed E-state index contributed by atoms with van der Waals surface area (Å²) < 4.78 is 0. The summed E-state index contributed by atoms with van der Waals surface area (Å²) in [6.45, 7) is 1.53. The van der Waals surface area contributed by atoms with Gasteiger partial charge in [0.2, 0.25) is 0 Å². The molecule has 3 N–H and O–H groups in total. The van der Waals surface area contributed by atoms with Crippen molar-refractivity contribution in [3.8, 4) is 33.8 Å². The van der Waals surface area contributed by atoms with Crippen molar-refractivity contribution in [3.63, 3.8) is 0 Å². The smallest absolute Gasteiger partial charge is 0.161 e. The Morgan fingerprint density at radius 2 is 1.71 bits per heavy atom. The quantitative estimate of drug-likeness (QED) is 0.242. The number of pyridine rings is 3. The van der Waals surface area contributed by atoms with Crippen LogP contribution in [0.3, 0.4) is 0 Å². The van der Waals surface area contributed by atoms with Gasteiger partial charge < -0.3 is 10.3 Å². The first-order chi connectivity index (χ1) is 18.8. The molecule has 1 aromatic carbocycles. The highest BCUT2D eigenvalue weighted by Crippen LogP contribution is 2.32. The third-order valence-electron chi connectivity index (χ3n) is 6.49. The minimum atomic E-state index is 0.650. The maximum absolute atomic E-state index is 4.89. The topological polar surface area (TPSA) is 108 Å². The van der Waals surface area contributed by atoms with Crippen LogP contribution in [0, 0.1) is 0 Å². The molecule has 6 heterocycles. The van der Waals surface area contributed by atoms with E-state index in [1.165, 1.54) is 5.56 Å². The van der Waals surface area contributed by atoms with Crippen molar-refractivity contribution in [1.29, 1.82) is 0 Å². The second kappa shape index (κ2) is 9.62. The summed E-state index contributed by atoms with van der Waals surface area (Å²) in [5.74, 6) is 0.650. The molecular formula is C29H22N8S. The van der Waals surface area contributed by atoms with Crippen LogP contribution < -0.4 is 5.32 Å². The number of nitrogens with one attached hydrogen (secondary N) is 3. The summed E-state index contributed by atoms with van der Waals surface area (Å²) in [5, 5.41) is 16.1. The van der Waals surface area contributed by atoms with Crippen LogP contribution in [0.15, 0.2) is 90.1 Å². The zero-order valence-electron chi connectivity index (χ0n) is 20.2. The Bertz CT molecular complexity index is 1850. The number of thiophene rings is 1. The highest BCUT2D eigenvalue weighted by molar-refractivity contribution is 7.08. The summed E-state index contributed by atoms with van der Waals surface area (Å²) in [4.78, 5) is 21.8. The minimum Gasteiger partial charge on any atom is -0.321 e. The largest absolute Gasteiger partial charge is 0.321 e. The van der Waals surface area contributed by atoms with Gasteiger partial charge in [-0.05, 0) is 51.7 Å². The van der Waals surface area contributed by atoms with E-state index in [1.807, 2.05) is 30.7 Å². The van der Waals surface area contributed by atoms with Gasteiger partial charge in [-0.15, -0.1) is 0 Å². The van der Waals surface area contributed by atoms with Crippen LogP contribution in [0.1, 0.15) is 11.1 Å². The van der Waals surface area contributed by atoms with Gasteiger partial charge in [0.15, 0.2) is 17.1 Å². The van der Waals surface area contributed by atoms with E-state index in [-0.39, 0.29) is 0 Å². The first kappa shape index (κ1) is 22.5. The summed E-state index contributed by atoms with van der Waals surface area (Å²) >= 11 is 1.66. The average molecular weight is 515 g/mol. The Labute approximate surface area is 221 Å². The fourth-order valence-corrected chi connectivity index (χ4v) is 5.26. The Morgan fingerprint density at radius 3 is 2.61 bits per heavy atom. The summed E-state index contributed by atoms with van der Waals surface area (Å²) in [7, 11) is 0. The Morgan fingerprint density at radius 1 is 0.816 bits per heavy atom. The molecule has 7 rings (SSSR count). The van der Waals surface area contributed by atoms with Crippen LogP contribution in [0.25, 0.3) is 56.0 Å². The highest BCUT2D eigenvalue weighted by Gasteiger charge is 2.17. The van der Waals surface area contributed by atoms with E-state index in [0.717, 1.165) is 57.5 Å². The molecule has 0 unspecified atom stereocenters. The van der Waals surface area contributed by atoms with Gasteiger partial charge in [0.05, 0.1) is 5.39 Å². The number of hydrogen-bond donors (Lipinski definition) is 3. The van der Waals surface area contributed by atoms with Gasteiger partial charge >= 0.3 is 0 Å². The van der Waals surface area contributed by atoms with E-state index in [0.29, 0.717) is 17.2 Å². The standard InChI is InChI=1S/C29H22N8S/c1-2-4-18(5-3-1)12-30-13-19-10-21(15-31-14-19)22-11-24-26(36-37-27(24)33-16-22)29-34-25-23(20-7-9-38-17-20)6-8-32-28(25)35-29/h1-11,14-17,30H,12-13H2,(H,32,34,35)(H,33,36,37). The van der Waals surface area contributed by atoms with E-state index in [4.69, 9.17) is 4.98 Å². The van der Waals surface area contributed by atoms with Gasteiger partial charge in [0.25, 0.3) is 0 Å². The van der Waals surface area contributed by atoms with Crippen LogP contribution in [0.2, 0.25) is 0 Å². The number of hydrogen-bond acceptors (Lipinski definition) is 7. The van der Waals surface area contributed by atoms with Crippen LogP contribution in [0.5, 0.6) is 0 Å². The first-order valence-electron chi connectivity index (χ1n) is 12.2. The molecule has 6 aromatic heterocycles. The van der Waals surface area contributed by atoms with Crippen molar-refractivity contribution in [2.24, 2.45) is 0 Å². The number of aromatic amines is 2. The van der Waals surface area contributed by atoms with E-state index in [9.17, 15) is 0 Å². The number of benzene rings is 1. The SMILES string of the molecule is c1ccc(CNCc2cncc(-c3cnc4[nH]nc(-c5nc6c(-c7ccsc7)ccnc6[nH]5)c4c3)c2)cc1. The molecule has 184 valence electrons. The lowest BCUT2D eigenvalue weighted by molar-refractivity contribution is 0.691. The zero-order valence-corrected chi connectivity index (χ0v) is 21.0. The predicted molar refractivity (Wildman–Crippen MR) is 150 cm³/mol. The molecule has 0 radical (unpaired) electrons. The second-order valence-corrected chi connectivity index (χ2v) is 9.80. The lowest BCUT2D eigenvalue weighted by atomic mass is 10.1. The van der Waals surface area contributed by atoms with Gasteiger partial charge in [0.1, 0.15) is 11.2 Å². The van der Waals surface area contributed by atoms with Crippen LogP contribution in [-0.2, 0) is 13.1 Å². The fourth-order valence-electron chi connectivity index (χ4n) is 4.60. The highest BCUT2D eigenvalue weighted by atomic mass is 32.1. The van der Waals surface area contributed by atoms with Crippen molar-refractivity contribution in [1.82, 2.24) is 40.4 Å². The monoisotopic (exact) mass is 514 g/mol. The van der Waals surface area contributed by atoms with E-state index in [1.54, 1.807) is 17.5 Å². The maximum Gasteiger partial charge on any atom is 0.161 e. The number of H-pyrrole nitrogens is 2. The van der Waals surface area contributed by atoms with Crippen molar-refractivity contribution < 1.29 is 0 Å². The predicted octanol–water partition coefficient (Wildman–Crippen LogP) is 5.98. The number of fused-ring (bicyclic) bond motifs is 2. The number of aromatic nitrogens is 7. The molecule has 9 heteroatoms. The molecule has 0 fully saturated rings. The van der Waals surface area contributed by atoms with E-state index < -0.39 is 0 Å². The molecule has 0 saturated carbocycles. The Kier molecular flexibility index (Phi) is 5.69. The molecule has 0 spiro atoms. The zero-order chi connectivity index (χ0) is 25.3. The number of imidazole rings is 1. The summed E-state index contributed by atoms with van der Waals surface area (Å²) in [6, 6.07) is 18.7. The van der Waals surface area contributed by atoms with Crippen LogP contribution in [0.4, 0.5) is 0 Å². The first-order valence-corrected chi connectivity index (χ1v) is 13.2. The van der Waals surface area contributed by atoms with Crippen molar-refractivity contribution in [2.75, 3.05) is 0 Å². The molecular weight excluding hydrogens is 492 g/mol. The molecule has 0 bridgehead atoms. The Balaban J connectivity index is 1.20. The van der Waals surface area contributed by atoms with Crippen molar-refractivity contribution >= 4 is 33.5 Å². The maximum atomic E-state index is 4.89. The minimum absolute atomic E-state index is 0.650. The molecule has 0 aliphatic rings. The lowest BCUT2D eigenvalue weighted by Crippen LogP contribution is -2.12. The van der Waals surface area contributed by atoms with Gasteiger partial charge in [-0.2, -0.15) is 16.4 Å². The molecule has 0 amide bonds. The third kappa shape index (κ3) is 4.23. The van der Waals surface area contributed by atoms with Crippen molar-refractivity contribution in [3.05, 3.63) is 101 Å². The molecule has 38 heavy (non-hydrogen) atoms. The number of rotatable bonds is 7. The molecule has 0 aliphatic heterocycles. The normalized spacial score (nSPS) is 11.5.